The Morgan fingerprint density at radius 2 is 2.00 bits per heavy atom. The Morgan fingerprint density at radius 3 is 2.61 bits per heavy atom. The predicted molar refractivity (Wildman–Crippen MR) is 133 cm³/mol. The van der Waals surface area contributed by atoms with Crippen LogP contribution in [0.1, 0.15) is 32.8 Å². The molecule has 3 unspecified atom stereocenters. The summed E-state index contributed by atoms with van der Waals surface area (Å²) in [5, 5.41) is 10.0. The molecule has 1 spiro atoms. The molecule has 3 aliphatic rings. The molecule has 1 N–H and O–H groups in total. The van der Waals surface area contributed by atoms with Crippen LogP contribution < -0.4 is 0 Å². The highest BCUT2D eigenvalue weighted by Crippen LogP contribution is 2.65. The summed E-state index contributed by atoms with van der Waals surface area (Å²) >= 11 is 0. The third-order valence-corrected chi connectivity index (χ3v) is 8.20. The fourth-order valence-corrected chi connectivity index (χ4v) is 6.47. The molecule has 3 saturated heterocycles. The summed E-state index contributed by atoms with van der Waals surface area (Å²) in [4.78, 5) is 44.6. The number of fused-ring (bicyclic) bond motifs is 1. The summed E-state index contributed by atoms with van der Waals surface area (Å²) in [5.41, 5.74) is -1.20. The van der Waals surface area contributed by atoms with Gasteiger partial charge in [-0.15, -0.1) is 6.58 Å². The Balaban J connectivity index is 1.79. The van der Waals surface area contributed by atoms with Gasteiger partial charge in [-0.3, -0.25) is 14.4 Å². The zero-order valence-electron chi connectivity index (χ0n) is 21.3. The van der Waals surface area contributed by atoms with Crippen molar-refractivity contribution in [1.29, 1.82) is 0 Å². The number of hydrogen-bond acceptors (Lipinski definition) is 6. The van der Waals surface area contributed by atoms with Crippen molar-refractivity contribution in [3.05, 3.63) is 61.2 Å². The summed E-state index contributed by atoms with van der Waals surface area (Å²) in [7, 11) is 0. The number of amides is 2. The van der Waals surface area contributed by atoms with Gasteiger partial charge in [0, 0.05) is 13.1 Å². The number of hydrogen-bond donors (Lipinski definition) is 1. The van der Waals surface area contributed by atoms with Gasteiger partial charge in [0.1, 0.15) is 24.2 Å². The number of likely N-dealkylation sites (tertiary alicyclic amines) is 1. The summed E-state index contributed by atoms with van der Waals surface area (Å²) in [5.74, 6) is -3.00. The second-order valence-corrected chi connectivity index (χ2v) is 10.4. The lowest BCUT2D eigenvalue weighted by atomic mass is 9.62. The van der Waals surface area contributed by atoms with E-state index in [1.54, 1.807) is 17.9 Å². The molecule has 0 radical (unpaired) electrons. The lowest BCUT2D eigenvalue weighted by Crippen LogP contribution is -2.58. The maximum absolute atomic E-state index is 14.3. The number of benzene rings is 1. The van der Waals surface area contributed by atoms with Crippen LogP contribution in [0.2, 0.25) is 0 Å². The SMILES string of the molecule is C=CCOC(=O)[C@H]1[C@H]2C(=O)N([C@H](C)CO)C(C(=O)N(CC=C)Cc3ccccc3)C23CC(C)[C@]1(C)O3. The highest BCUT2D eigenvalue weighted by atomic mass is 16.6. The van der Waals surface area contributed by atoms with Crippen molar-refractivity contribution >= 4 is 17.8 Å². The molecule has 7 atom stereocenters. The van der Waals surface area contributed by atoms with Gasteiger partial charge in [0.25, 0.3) is 0 Å². The standard InChI is InChI=1S/C28H36N2O6/c1-6-13-29(16-20-11-9-8-10-12-20)25(33)23-28-15-18(3)27(5,36-28)22(26(34)35-14-7-2)21(28)24(32)30(23)19(4)17-31/h6-12,18-19,21-23,31H,1-2,13-17H2,3-5H3/t18?,19-,21+,22-,23?,27+,28?/m1/s1. The number of aliphatic hydroxyl groups is 1. The maximum Gasteiger partial charge on any atom is 0.313 e. The molecule has 1 aromatic carbocycles. The van der Waals surface area contributed by atoms with E-state index in [1.165, 1.54) is 11.0 Å². The first-order chi connectivity index (χ1) is 17.2. The molecule has 4 rings (SSSR count). The van der Waals surface area contributed by atoms with Crippen LogP contribution in [0, 0.1) is 17.8 Å². The smallest absolute Gasteiger partial charge is 0.313 e. The van der Waals surface area contributed by atoms with E-state index >= 15 is 0 Å². The van der Waals surface area contributed by atoms with Gasteiger partial charge in [0.15, 0.2) is 0 Å². The van der Waals surface area contributed by atoms with Gasteiger partial charge in [-0.05, 0) is 31.7 Å². The largest absolute Gasteiger partial charge is 0.461 e. The van der Waals surface area contributed by atoms with Crippen molar-refractivity contribution in [2.24, 2.45) is 17.8 Å². The molecular formula is C28H36N2O6. The van der Waals surface area contributed by atoms with E-state index in [1.807, 2.05) is 44.2 Å². The van der Waals surface area contributed by atoms with Crippen LogP contribution in [0.5, 0.6) is 0 Å². The second kappa shape index (κ2) is 9.82. The van der Waals surface area contributed by atoms with Crippen molar-refractivity contribution in [1.82, 2.24) is 9.80 Å². The van der Waals surface area contributed by atoms with E-state index in [4.69, 9.17) is 9.47 Å². The van der Waals surface area contributed by atoms with Gasteiger partial charge in [-0.1, -0.05) is 56.0 Å². The average Bonchev–Trinajstić information content (AvgIpc) is 3.38. The Hall–Kier alpha value is -2.97. The van der Waals surface area contributed by atoms with Gasteiger partial charge in [0.2, 0.25) is 11.8 Å². The van der Waals surface area contributed by atoms with Gasteiger partial charge in [0.05, 0.1) is 24.2 Å². The average molecular weight is 497 g/mol. The quantitative estimate of drug-likeness (QED) is 0.395. The molecule has 8 heteroatoms. The monoisotopic (exact) mass is 496 g/mol. The third kappa shape index (κ3) is 3.87. The Labute approximate surface area is 212 Å². The van der Waals surface area contributed by atoms with E-state index < -0.39 is 41.1 Å². The van der Waals surface area contributed by atoms with Gasteiger partial charge >= 0.3 is 5.97 Å². The minimum Gasteiger partial charge on any atom is -0.461 e. The number of rotatable bonds is 10. The van der Waals surface area contributed by atoms with Crippen molar-refractivity contribution in [2.75, 3.05) is 19.8 Å². The Kier molecular flexibility index (Phi) is 7.12. The molecule has 0 aromatic heterocycles. The van der Waals surface area contributed by atoms with Gasteiger partial charge in [-0.25, -0.2) is 0 Å². The molecule has 3 aliphatic heterocycles. The van der Waals surface area contributed by atoms with E-state index in [9.17, 15) is 19.5 Å². The summed E-state index contributed by atoms with van der Waals surface area (Å²) in [6, 6.07) is 7.97. The van der Waals surface area contributed by atoms with Crippen LogP contribution in [-0.2, 0) is 30.4 Å². The van der Waals surface area contributed by atoms with Crippen molar-refractivity contribution < 1.29 is 29.0 Å². The summed E-state index contributed by atoms with van der Waals surface area (Å²) in [6.45, 7) is 13.3. The van der Waals surface area contributed by atoms with Crippen molar-refractivity contribution in [3.8, 4) is 0 Å². The fourth-order valence-electron chi connectivity index (χ4n) is 6.47. The van der Waals surface area contributed by atoms with Gasteiger partial charge in [-0.2, -0.15) is 0 Å². The summed E-state index contributed by atoms with van der Waals surface area (Å²) < 4.78 is 12.1. The van der Waals surface area contributed by atoms with E-state index in [2.05, 4.69) is 13.2 Å². The molecule has 3 fully saturated rings. The van der Waals surface area contributed by atoms with Crippen LogP contribution in [0.25, 0.3) is 0 Å². The van der Waals surface area contributed by atoms with Crippen LogP contribution in [0.15, 0.2) is 55.6 Å². The third-order valence-electron chi connectivity index (χ3n) is 8.20. The molecule has 2 bridgehead atoms. The Bertz CT molecular complexity index is 1040. The van der Waals surface area contributed by atoms with E-state index in [-0.39, 0.29) is 37.5 Å². The molecule has 8 nitrogen and oxygen atoms in total. The number of ether oxygens (including phenoxy) is 2. The zero-order chi connectivity index (χ0) is 26.3. The highest BCUT2D eigenvalue weighted by Gasteiger charge is 2.80. The van der Waals surface area contributed by atoms with Crippen LogP contribution in [-0.4, -0.2) is 75.7 Å². The predicted octanol–water partition coefficient (Wildman–Crippen LogP) is 2.32. The summed E-state index contributed by atoms with van der Waals surface area (Å²) in [6.07, 6.45) is 3.58. The molecule has 36 heavy (non-hydrogen) atoms. The maximum atomic E-state index is 14.3. The lowest BCUT2D eigenvalue weighted by Gasteiger charge is -2.38. The first-order valence-corrected chi connectivity index (χ1v) is 12.5. The number of carbonyl (C=O) groups excluding carboxylic acids is 3. The molecule has 0 aliphatic carbocycles. The first kappa shape index (κ1) is 26.1. The minimum absolute atomic E-state index is 0.0248. The van der Waals surface area contributed by atoms with Crippen LogP contribution in [0.3, 0.4) is 0 Å². The second-order valence-electron chi connectivity index (χ2n) is 10.4. The normalized spacial score (nSPS) is 33.2. The number of carbonyl (C=O) groups is 3. The van der Waals surface area contributed by atoms with Gasteiger partial charge < -0.3 is 24.4 Å². The molecule has 194 valence electrons. The number of nitrogens with zero attached hydrogens (tertiary/aromatic N) is 2. The van der Waals surface area contributed by atoms with Crippen LogP contribution >= 0.6 is 0 Å². The topological polar surface area (TPSA) is 96.4 Å². The van der Waals surface area contributed by atoms with E-state index in [0.717, 1.165) is 5.56 Å². The van der Waals surface area contributed by atoms with Crippen LogP contribution in [0.4, 0.5) is 0 Å². The lowest BCUT2D eigenvalue weighted by molar-refractivity contribution is -0.162. The highest BCUT2D eigenvalue weighted by molar-refractivity contribution is 5.98. The van der Waals surface area contributed by atoms with Crippen molar-refractivity contribution in [2.45, 2.75) is 57.0 Å². The number of aliphatic hydroxyl groups excluding tert-OH is 1. The first-order valence-electron chi connectivity index (χ1n) is 12.5. The molecule has 3 heterocycles. The number of esters is 1. The fraction of sp³-hybridized carbons (Fsp3) is 0.536. The minimum atomic E-state index is -1.19. The zero-order valence-corrected chi connectivity index (χ0v) is 21.3. The Morgan fingerprint density at radius 1 is 1.31 bits per heavy atom. The van der Waals surface area contributed by atoms with Crippen molar-refractivity contribution in [3.63, 3.8) is 0 Å². The molecule has 1 aromatic rings. The van der Waals surface area contributed by atoms with E-state index in [0.29, 0.717) is 13.0 Å². The molecular weight excluding hydrogens is 460 g/mol. The molecule has 2 amide bonds. The molecule has 0 saturated carbocycles.